The monoisotopic (exact) mass is 246 g/mol. The van der Waals surface area contributed by atoms with Gasteiger partial charge in [0, 0.05) is 5.02 Å². The maximum atomic E-state index is 6.15. The van der Waals surface area contributed by atoms with Gasteiger partial charge >= 0.3 is 0 Å². The summed E-state index contributed by atoms with van der Waals surface area (Å²) in [4.78, 5) is 0. The van der Waals surface area contributed by atoms with Crippen LogP contribution in [0.25, 0.3) is 5.57 Å². The summed E-state index contributed by atoms with van der Waals surface area (Å²) in [5, 5.41) is 0.845. The maximum Gasteiger partial charge on any atom is 0.0414 e. The highest BCUT2D eigenvalue weighted by molar-refractivity contribution is 6.30. The Hall–Kier alpha value is -1.01. The van der Waals surface area contributed by atoms with Gasteiger partial charge in [-0.2, -0.15) is 0 Å². The van der Waals surface area contributed by atoms with Crippen LogP contribution >= 0.6 is 11.6 Å². The first-order valence-electron chi connectivity index (χ1n) is 6.33. The van der Waals surface area contributed by atoms with Gasteiger partial charge in [0.1, 0.15) is 0 Å². The third kappa shape index (κ3) is 3.01. The summed E-state index contributed by atoms with van der Waals surface area (Å²) < 4.78 is 0. The summed E-state index contributed by atoms with van der Waals surface area (Å²) in [5.41, 5.74) is 5.52. The van der Waals surface area contributed by atoms with Crippen molar-refractivity contribution in [2.24, 2.45) is 0 Å². The molecule has 0 nitrogen and oxygen atoms in total. The summed E-state index contributed by atoms with van der Waals surface area (Å²) >= 11 is 6.15. The van der Waals surface area contributed by atoms with E-state index in [0.29, 0.717) is 0 Å². The Balaban J connectivity index is 2.48. The molecule has 1 aliphatic carbocycles. The summed E-state index contributed by atoms with van der Waals surface area (Å²) in [6.07, 6.45) is 9.37. The second-order valence-corrected chi connectivity index (χ2v) is 5.16. The molecule has 0 amide bonds. The van der Waals surface area contributed by atoms with E-state index in [4.69, 9.17) is 11.6 Å². The van der Waals surface area contributed by atoms with Crippen LogP contribution in [0.2, 0.25) is 5.02 Å². The fourth-order valence-corrected chi connectivity index (χ4v) is 2.84. The van der Waals surface area contributed by atoms with E-state index >= 15 is 0 Å². The topological polar surface area (TPSA) is 0 Å². The van der Waals surface area contributed by atoms with Gasteiger partial charge in [-0.15, -0.1) is 0 Å². The van der Waals surface area contributed by atoms with Gasteiger partial charge in [-0.3, -0.25) is 0 Å². The number of aryl methyl sites for hydroxylation is 1. The molecule has 0 N–H and O–H groups in total. The Morgan fingerprint density at radius 1 is 1.12 bits per heavy atom. The first-order chi connectivity index (χ1) is 8.20. The molecule has 2 rings (SSSR count). The van der Waals surface area contributed by atoms with E-state index in [2.05, 4.69) is 38.1 Å². The van der Waals surface area contributed by atoms with Crippen molar-refractivity contribution in [1.82, 2.24) is 0 Å². The van der Waals surface area contributed by atoms with Gasteiger partial charge in [-0.25, -0.2) is 0 Å². The molecular weight excluding hydrogens is 228 g/mol. The van der Waals surface area contributed by atoms with Crippen LogP contribution in [0.5, 0.6) is 0 Å². The predicted molar refractivity (Wildman–Crippen MR) is 76.4 cm³/mol. The largest absolute Gasteiger partial charge is 0.0874 e. The summed E-state index contributed by atoms with van der Waals surface area (Å²) in [7, 11) is 0. The van der Waals surface area contributed by atoms with E-state index in [-0.39, 0.29) is 0 Å². The highest BCUT2D eigenvalue weighted by atomic mass is 35.5. The minimum absolute atomic E-state index is 0.845. The molecule has 0 bridgehead atoms. The van der Waals surface area contributed by atoms with E-state index in [0.717, 1.165) is 5.02 Å². The van der Waals surface area contributed by atoms with Crippen molar-refractivity contribution in [3.05, 3.63) is 52.1 Å². The zero-order chi connectivity index (χ0) is 12.3. The summed E-state index contributed by atoms with van der Waals surface area (Å²) in [5.74, 6) is 0. The van der Waals surface area contributed by atoms with Gasteiger partial charge in [-0.05, 0) is 73.9 Å². The quantitative estimate of drug-likeness (QED) is 0.642. The lowest BCUT2D eigenvalue weighted by Crippen LogP contribution is -1.98. The molecule has 90 valence electrons. The molecule has 0 spiro atoms. The average Bonchev–Trinajstić information content (AvgIpc) is 2.29. The number of allylic oxidation sites excluding steroid dienone is 4. The van der Waals surface area contributed by atoms with Crippen LogP contribution in [0.15, 0.2) is 35.9 Å². The van der Waals surface area contributed by atoms with Gasteiger partial charge in [-0.1, -0.05) is 29.8 Å². The standard InChI is InChI=1S/C16H19Cl/c1-3-6-13-7-4-5-8-16(13)14-9-12(2)10-15(17)11-14/h3,6,9-11H,4-5,7-8H2,1-2H3/b6-3+. The fraction of sp³-hybridized carbons (Fsp3) is 0.375. The number of hydrogen-bond donors (Lipinski definition) is 0. The lowest BCUT2D eigenvalue weighted by molar-refractivity contribution is 0.724. The van der Waals surface area contributed by atoms with Crippen LogP contribution < -0.4 is 0 Å². The SMILES string of the molecule is C/C=C/C1=C(c2cc(C)cc(Cl)c2)CCCC1. The Morgan fingerprint density at radius 3 is 2.59 bits per heavy atom. The molecule has 0 atom stereocenters. The lowest BCUT2D eigenvalue weighted by Gasteiger charge is -2.19. The van der Waals surface area contributed by atoms with Crippen molar-refractivity contribution in [2.75, 3.05) is 0 Å². The van der Waals surface area contributed by atoms with Crippen LogP contribution in [-0.2, 0) is 0 Å². The molecule has 0 saturated carbocycles. The molecule has 1 aliphatic rings. The number of benzene rings is 1. The van der Waals surface area contributed by atoms with Gasteiger partial charge in [0.2, 0.25) is 0 Å². The Bertz CT molecular complexity index is 446. The zero-order valence-corrected chi connectivity index (χ0v) is 11.3. The van der Waals surface area contributed by atoms with E-state index in [9.17, 15) is 0 Å². The number of rotatable bonds is 2. The van der Waals surface area contributed by atoms with Crippen molar-refractivity contribution in [3.63, 3.8) is 0 Å². The molecular formula is C16H19Cl. The van der Waals surface area contributed by atoms with Crippen molar-refractivity contribution < 1.29 is 0 Å². The zero-order valence-electron chi connectivity index (χ0n) is 10.6. The molecule has 0 radical (unpaired) electrons. The van der Waals surface area contributed by atoms with E-state index in [1.54, 1.807) is 0 Å². The first kappa shape index (κ1) is 12.4. The molecule has 17 heavy (non-hydrogen) atoms. The minimum atomic E-state index is 0.845. The molecule has 0 saturated heterocycles. The van der Waals surface area contributed by atoms with Crippen LogP contribution in [0, 0.1) is 6.92 Å². The van der Waals surface area contributed by atoms with Crippen LogP contribution in [0.3, 0.4) is 0 Å². The van der Waals surface area contributed by atoms with Crippen LogP contribution in [0.1, 0.15) is 43.7 Å². The third-order valence-electron chi connectivity index (χ3n) is 3.27. The smallest absolute Gasteiger partial charge is 0.0414 e. The normalized spacial score (nSPS) is 16.9. The minimum Gasteiger partial charge on any atom is -0.0874 e. The van der Waals surface area contributed by atoms with Crippen molar-refractivity contribution in [1.29, 1.82) is 0 Å². The van der Waals surface area contributed by atoms with Crippen molar-refractivity contribution in [3.8, 4) is 0 Å². The highest BCUT2D eigenvalue weighted by Crippen LogP contribution is 2.34. The van der Waals surface area contributed by atoms with Crippen molar-refractivity contribution >= 4 is 17.2 Å². The van der Waals surface area contributed by atoms with E-state index in [1.165, 1.54) is 48.0 Å². The highest BCUT2D eigenvalue weighted by Gasteiger charge is 2.13. The summed E-state index contributed by atoms with van der Waals surface area (Å²) in [6, 6.07) is 6.36. The Morgan fingerprint density at radius 2 is 1.88 bits per heavy atom. The molecule has 0 heterocycles. The fourth-order valence-electron chi connectivity index (χ4n) is 2.55. The molecule has 1 heteroatoms. The average molecular weight is 247 g/mol. The molecule has 1 aromatic carbocycles. The second-order valence-electron chi connectivity index (χ2n) is 4.73. The molecule has 1 aromatic rings. The third-order valence-corrected chi connectivity index (χ3v) is 3.49. The number of halogens is 1. The van der Waals surface area contributed by atoms with E-state index in [1.807, 2.05) is 6.07 Å². The molecule has 0 fully saturated rings. The second kappa shape index (κ2) is 5.55. The van der Waals surface area contributed by atoms with Gasteiger partial charge in [0.25, 0.3) is 0 Å². The molecule has 0 unspecified atom stereocenters. The molecule has 0 aromatic heterocycles. The van der Waals surface area contributed by atoms with Gasteiger partial charge < -0.3 is 0 Å². The van der Waals surface area contributed by atoms with Crippen LogP contribution in [0.4, 0.5) is 0 Å². The van der Waals surface area contributed by atoms with Crippen molar-refractivity contribution in [2.45, 2.75) is 39.5 Å². The lowest BCUT2D eigenvalue weighted by atomic mass is 9.87. The predicted octanol–water partition coefficient (Wildman–Crippen LogP) is 5.55. The molecule has 0 aliphatic heterocycles. The Labute approximate surface area is 109 Å². The van der Waals surface area contributed by atoms with Gasteiger partial charge in [0.05, 0.1) is 0 Å². The summed E-state index contributed by atoms with van der Waals surface area (Å²) in [6.45, 7) is 4.19. The first-order valence-corrected chi connectivity index (χ1v) is 6.71. The van der Waals surface area contributed by atoms with Crippen LogP contribution in [-0.4, -0.2) is 0 Å². The Kier molecular flexibility index (Phi) is 4.06. The number of hydrogen-bond acceptors (Lipinski definition) is 0. The maximum absolute atomic E-state index is 6.15. The van der Waals surface area contributed by atoms with E-state index < -0.39 is 0 Å². The van der Waals surface area contributed by atoms with Gasteiger partial charge in [0.15, 0.2) is 0 Å².